The van der Waals surface area contributed by atoms with Crippen LogP contribution < -0.4 is 4.74 Å². The highest BCUT2D eigenvalue weighted by Crippen LogP contribution is 2.29. The summed E-state index contributed by atoms with van der Waals surface area (Å²) in [6.45, 7) is 1.85. The summed E-state index contributed by atoms with van der Waals surface area (Å²) in [5.41, 5.74) is 2.94. The second-order valence-electron chi connectivity index (χ2n) is 4.34. The Morgan fingerprint density at radius 2 is 2.00 bits per heavy atom. The molecular weight excluding hydrogens is 241 g/mol. The first kappa shape index (κ1) is 13.1. The van der Waals surface area contributed by atoms with E-state index in [1.54, 1.807) is 31.4 Å². The Labute approximate surface area is 112 Å². The van der Waals surface area contributed by atoms with Crippen molar-refractivity contribution in [3.05, 3.63) is 53.3 Å². The summed E-state index contributed by atoms with van der Waals surface area (Å²) in [6, 6.07) is 12.6. The Morgan fingerprint density at radius 3 is 2.63 bits per heavy atom. The van der Waals surface area contributed by atoms with E-state index in [0.29, 0.717) is 11.3 Å². The molecule has 0 amide bonds. The third-order valence-corrected chi connectivity index (χ3v) is 2.99. The van der Waals surface area contributed by atoms with Crippen molar-refractivity contribution in [3.63, 3.8) is 0 Å². The minimum absolute atomic E-state index is 0.241. The molecule has 0 saturated carbocycles. The van der Waals surface area contributed by atoms with Gasteiger partial charge in [-0.25, -0.2) is 4.39 Å². The van der Waals surface area contributed by atoms with E-state index in [2.05, 4.69) is 6.07 Å². The van der Waals surface area contributed by atoms with Gasteiger partial charge in [0, 0.05) is 11.1 Å². The topological polar surface area (TPSA) is 33.0 Å². The minimum atomic E-state index is -0.256. The average molecular weight is 255 g/mol. The van der Waals surface area contributed by atoms with Gasteiger partial charge < -0.3 is 4.74 Å². The summed E-state index contributed by atoms with van der Waals surface area (Å²) in [5.74, 6) is 0.394. The molecule has 0 bridgehead atoms. The number of nitriles is 1. The summed E-state index contributed by atoms with van der Waals surface area (Å²) >= 11 is 0. The molecule has 0 heterocycles. The summed E-state index contributed by atoms with van der Waals surface area (Å²) in [5, 5.41) is 8.81. The lowest BCUT2D eigenvalue weighted by atomic mass is 10.00. The second-order valence-corrected chi connectivity index (χ2v) is 4.34. The number of methoxy groups -OCH3 is 1. The van der Waals surface area contributed by atoms with Crippen LogP contribution in [0.15, 0.2) is 36.4 Å². The Balaban J connectivity index is 2.51. The van der Waals surface area contributed by atoms with Crippen molar-refractivity contribution >= 4 is 0 Å². The van der Waals surface area contributed by atoms with Crippen LogP contribution in [-0.2, 0) is 6.42 Å². The summed E-state index contributed by atoms with van der Waals surface area (Å²) in [6.07, 6.45) is 0.241. The molecule has 3 heteroatoms. The third kappa shape index (κ3) is 2.74. The maximum Gasteiger partial charge on any atom is 0.131 e. The van der Waals surface area contributed by atoms with E-state index in [1.807, 2.05) is 13.0 Å². The first-order valence-electron chi connectivity index (χ1n) is 5.96. The number of benzene rings is 2. The maximum atomic E-state index is 13.9. The zero-order valence-electron chi connectivity index (χ0n) is 10.9. The van der Waals surface area contributed by atoms with Crippen molar-refractivity contribution in [2.75, 3.05) is 7.11 Å². The van der Waals surface area contributed by atoms with E-state index in [0.717, 1.165) is 16.7 Å². The van der Waals surface area contributed by atoms with Gasteiger partial charge in [-0.05, 0) is 36.2 Å². The Kier molecular flexibility index (Phi) is 3.82. The van der Waals surface area contributed by atoms with Gasteiger partial charge in [-0.2, -0.15) is 5.26 Å². The molecule has 2 nitrogen and oxygen atoms in total. The van der Waals surface area contributed by atoms with E-state index < -0.39 is 0 Å². The molecule has 96 valence electrons. The number of ether oxygens (including phenoxy) is 1. The van der Waals surface area contributed by atoms with Crippen LogP contribution in [0.2, 0.25) is 0 Å². The molecule has 0 saturated heterocycles. The number of nitrogens with zero attached hydrogens (tertiary/aromatic N) is 1. The van der Waals surface area contributed by atoms with E-state index in [4.69, 9.17) is 10.00 Å². The van der Waals surface area contributed by atoms with E-state index in [1.165, 1.54) is 6.07 Å². The number of hydrogen-bond donors (Lipinski definition) is 0. The van der Waals surface area contributed by atoms with Crippen molar-refractivity contribution in [1.29, 1.82) is 5.26 Å². The van der Waals surface area contributed by atoms with Crippen LogP contribution in [0.3, 0.4) is 0 Å². The van der Waals surface area contributed by atoms with Gasteiger partial charge in [0.2, 0.25) is 0 Å². The van der Waals surface area contributed by atoms with Gasteiger partial charge in [-0.1, -0.05) is 18.2 Å². The molecule has 2 rings (SSSR count). The molecule has 2 aromatic rings. The molecule has 0 fully saturated rings. The molecule has 0 aliphatic carbocycles. The molecule has 19 heavy (non-hydrogen) atoms. The number of rotatable bonds is 3. The fourth-order valence-electron chi connectivity index (χ4n) is 2.02. The Morgan fingerprint density at radius 1 is 1.21 bits per heavy atom. The lowest BCUT2D eigenvalue weighted by molar-refractivity contribution is 0.411. The predicted molar refractivity (Wildman–Crippen MR) is 72.4 cm³/mol. The van der Waals surface area contributed by atoms with Gasteiger partial charge in [-0.3, -0.25) is 0 Å². The van der Waals surface area contributed by atoms with Crippen LogP contribution in [0, 0.1) is 24.1 Å². The number of aryl methyl sites for hydroxylation is 1. The second kappa shape index (κ2) is 5.53. The molecule has 0 N–H and O–H groups in total. The van der Waals surface area contributed by atoms with E-state index in [9.17, 15) is 4.39 Å². The molecule has 0 atom stereocenters. The molecule has 0 aromatic heterocycles. The molecule has 0 radical (unpaired) electrons. The van der Waals surface area contributed by atoms with E-state index in [-0.39, 0.29) is 12.2 Å². The molecule has 2 aromatic carbocycles. The van der Waals surface area contributed by atoms with Crippen molar-refractivity contribution in [3.8, 4) is 22.9 Å². The first-order chi connectivity index (χ1) is 9.15. The SMILES string of the molecule is COc1ccc(-c2ccc(C)cc2F)cc1CC#N. The zero-order chi connectivity index (χ0) is 13.8. The fraction of sp³-hybridized carbons (Fsp3) is 0.188. The smallest absolute Gasteiger partial charge is 0.131 e. The summed E-state index contributed by atoms with van der Waals surface area (Å²) < 4.78 is 19.1. The predicted octanol–water partition coefficient (Wildman–Crippen LogP) is 3.88. The molecule has 0 aliphatic rings. The number of halogens is 1. The lowest BCUT2D eigenvalue weighted by Crippen LogP contribution is -1.93. The highest BCUT2D eigenvalue weighted by atomic mass is 19.1. The van der Waals surface area contributed by atoms with Crippen LogP contribution in [0.1, 0.15) is 11.1 Å². The van der Waals surface area contributed by atoms with Crippen LogP contribution in [0.5, 0.6) is 5.75 Å². The summed E-state index contributed by atoms with van der Waals surface area (Å²) in [7, 11) is 1.56. The standard InChI is InChI=1S/C16H14FNO/c1-11-3-5-14(15(17)9-11)12-4-6-16(19-2)13(10-12)7-8-18/h3-6,9-10H,7H2,1-2H3. The van der Waals surface area contributed by atoms with Crippen LogP contribution in [0.25, 0.3) is 11.1 Å². The minimum Gasteiger partial charge on any atom is -0.496 e. The third-order valence-electron chi connectivity index (χ3n) is 2.99. The van der Waals surface area contributed by atoms with E-state index >= 15 is 0 Å². The largest absolute Gasteiger partial charge is 0.496 e. The Bertz CT molecular complexity index is 644. The van der Waals surface area contributed by atoms with Crippen LogP contribution >= 0.6 is 0 Å². The highest BCUT2D eigenvalue weighted by molar-refractivity contribution is 5.67. The first-order valence-corrected chi connectivity index (χ1v) is 5.96. The van der Waals surface area contributed by atoms with Crippen molar-refractivity contribution in [2.24, 2.45) is 0 Å². The van der Waals surface area contributed by atoms with Crippen LogP contribution in [0.4, 0.5) is 4.39 Å². The normalized spacial score (nSPS) is 10.0. The fourth-order valence-corrected chi connectivity index (χ4v) is 2.02. The Hall–Kier alpha value is -2.34. The van der Waals surface area contributed by atoms with Gasteiger partial charge in [-0.15, -0.1) is 0 Å². The van der Waals surface area contributed by atoms with Gasteiger partial charge in [0.15, 0.2) is 0 Å². The van der Waals surface area contributed by atoms with Gasteiger partial charge in [0.25, 0.3) is 0 Å². The van der Waals surface area contributed by atoms with Gasteiger partial charge in [0.1, 0.15) is 11.6 Å². The summed E-state index contributed by atoms with van der Waals surface area (Å²) in [4.78, 5) is 0. The zero-order valence-corrected chi connectivity index (χ0v) is 10.9. The molecular formula is C16H14FNO. The highest BCUT2D eigenvalue weighted by Gasteiger charge is 2.09. The molecule has 0 unspecified atom stereocenters. The molecule has 0 aliphatic heterocycles. The average Bonchev–Trinajstić information content (AvgIpc) is 2.39. The maximum absolute atomic E-state index is 13.9. The lowest BCUT2D eigenvalue weighted by Gasteiger charge is -2.10. The van der Waals surface area contributed by atoms with Gasteiger partial charge in [0.05, 0.1) is 19.6 Å². The number of hydrogen-bond acceptors (Lipinski definition) is 2. The van der Waals surface area contributed by atoms with Crippen molar-refractivity contribution in [2.45, 2.75) is 13.3 Å². The van der Waals surface area contributed by atoms with Crippen molar-refractivity contribution < 1.29 is 9.13 Å². The van der Waals surface area contributed by atoms with Gasteiger partial charge >= 0.3 is 0 Å². The monoisotopic (exact) mass is 255 g/mol. The quantitative estimate of drug-likeness (QED) is 0.834. The molecule has 0 spiro atoms. The van der Waals surface area contributed by atoms with Crippen LogP contribution in [-0.4, -0.2) is 7.11 Å². The van der Waals surface area contributed by atoms with Crippen molar-refractivity contribution in [1.82, 2.24) is 0 Å².